The van der Waals surface area contributed by atoms with Gasteiger partial charge in [-0.3, -0.25) is 0 Å². The van der Waals surface area contributed by atoms with Crippen LogP contribution in [-0.4, -0.2) is 9.97 Å². The van der Waals surface area contributed by atoms with E-state index in [2.05, 4.69) is 25.9 Å². The molecule has 6 heteroatoms. The van der Waals surface area contributed by atoms with Gasteiger partial charge in [-0.2, -0.15) is 0 Å². The first-order chi connectivity index (χ1) is 9.97. The molecule has 0 saturated carbocycles. The number of fused-ring (bicyclic) bond motifs is 1. The second-order valence-electron chi connectivity index (χ2n) is 4.55. The molecule has 0 aliphatic rings. The van der Waals surface area contributed by atoms with Crippen molar-refractivity contribution in [1.82, 2.24) is 9.97 Å². The summed E-state index contributed by atoms with van der Waals surface area (Å²) >= 11 is 22.2. The minimum absolute atomic E-state index is 0.369. The zero-order valence-electron chi connectivity index (χ0n) is 10.8. The molecule has 0 N–H and O–H groups in total. The van der Waals surface area contributed by atoms with Crippen LogP contribution >= 0.6 is 50.7 Å². The van der Waals surface area contributed by atoms with Crippen LogP contribution in [0.2, 0.25) is 15.2 Å². The van der Waals surface area contributed by atoms with Crippen molar-refractivity contribution < 1.29 is 0 Å². The maximum atomic E-state index is 6.31. The summed E-state index contributed by atoms with van der Waals surface area (Å²) in [7, 11) is 0. The lowest BCUT2D eigenvalue weighted by Gasteiger charge is -2.09. The van der Waals surface area contributed by atoms with Crippen molar-refractivity contribution in [2.24, 2.45) is 0 Å². The molecule has 2 aromatic carbocycles. The van der Waals surface area contributed by atoms with Crippen molar-refractivity contribution in [2.75, 3.05) is 0 Å². The van der Waals surface area contributed by atoms with E-state index in [9.17, 15) is 0 Å². The smallest absolute Gasteiger partial charge is 0.163 e. The molecule has 3 rings (SSSR count). The Hall–Kier alpha value is -0.870. The van der Waals surface area contributed by atoms with E-state index < -0.39 is 0 Å². The number of benzene rings is 2. The molecule has 1 heterocycles. The molecule has 0 saturated heterocycles. The first-order valence-corrected chi connectivity index (χ1v) is 7.98. The normalized spacial score (nSPS) is 11.1. The Labute approximate surface area is 145 Å². The van der Waals surface area contributed by atoms with Gasteiger partial charge in [0.15, 0.2) is 5.82 Å². The van der Waals surface area contributed by atoms with E-state index >= 15 is 0 Å². The number of nitrogens with zero attached hydrogens (tertiary/aromatic N) is 2. The molecule has 2 nitrogen and oxygen atoms in total. The molecule has 0 radical (unpaired) electrons. The first kappa shape index (κ1) is 15.0. The molecule has 0 aliphatic heterocycles. The highest BCUT2D eigenvalue weighted by Gasteiger charge is 2.14. The fraction of sp³-hybridized carbons (Fsp3) is 0.0667. The van der Waals surface area contributed by atoms with Crippen LogP contribution in [0.4, 0.5) is 0 Å². The molecular formula is C15H8BrCl3N2. The molecule has 0 atom stereocenters. The number of rotatable bonds is 1. The lowest BCUT2D eigenvalue weighted by molar-refractivity contribution is 1.22. The topological polar surface area (TPSA) is 25.8 Å². The molecule has 106 valence electrons. The first-order valence-electron chi connectivity index (χ1n) is 6.05. The third-order valence-corrected chi connectivity index (χ3v) is 4.52. The Bertz CT molecular complexity index is 865. The van der Waals surface area contributed by atoms with Crippen molar-refractivity contribution in [3.8, 4) is 11.4 Å². The maximum absolute atomic E-state index is 6.31. The van der Waals surface area contributed by atoms with Crippen LogP contribution < -0.4 is 0 Å². The highest BCUT2D eigenvalue weighted by molar-refractivity contribution is 9.10. The summed E-state index contributed by atoms with van der Waals surface area (Å²) in [5.74, 6) is 0.456. The third kappa shape index (κ3) is 2.76. The standard InChI is InChI=1S/C15H8BrCl3N2/c1-7-2-5-10(17)13-12(7)14(19)21-15(20-13)9-4-3-8(16)6-11(9)18/h2-6H,1H3. The highest BCUT2D eigenvalue weighted by atomic mass is 79.9. The lowest BCUT2D eigenvalue weighted by atomic mass is 10.1. The van der Waals surface area contributed by atoms with Crippen LogP contribution in [0.25, 0.3) is 22.3 Å². The number of aryl methyl sites for hydroxylation is 1. The molecule has 0 aliphatic carbocycles. The Balaban J connectivity index is 2.33. The summed E-state index contributed by atoms with van der Waals surface area (Å²) in [5, 5.41) is 2.22. The predicted molar refractivity (Wildman–Crippen MR) is 92.4 cm³/mol. The maximum Gasteiger partial charge on any atom is 0.163 e. The molecule has 1 aromatic heterocycles. The van der Waals surface area contributed by atoms with E-state index in [1.54, 1.807) is 12.1 Å². The van der Waals surface area contributed by atoms with E-state index in [1.165, 1.54) is 0 Å². The fourth-order valence-electron chi connectivity index (χ4n) is 2.11. The Kier molecular flexibility index (Phi) is 4.10. The molecule has 0 fully saturated rings. The van der Waals surface area contributed by atoms with Gasteiger partial charge in [0.1, 0.15) is 5.15 Å². The van der Waals surface area contributed by atoms with E-state index in [1.807, 2.05) is 25.1 Å². The Morgan fingerprint density at radius 2 is 1.71 bits per heavy atom. The Morgan fingerprint density at radius 1 is 0.952 bits per heavy atom. The van der Waals surface area contributed by atoms with Crippen LogP contribution in [0.3, 0.4) is 0 Å². The van der Waals surface area contributed by atoms with Gasteiger partial charge in [-0.05, 0) is 36.8 Å². The molecule has 0 amide bonds. The van der Waals surface area contributed by atoms with Crippen LogP contribution in [0.15, 0.2) is 34.8 Å². The second-order valence-corrected chi connectivity index (χ2v) is 6.64. The molecule has 21 heavy (non-hydrogen) atoms. The van der Waals surface area contributed by atoms with Crippen LogP contribution in [0.1, 0.15) is 5.56 Å². The SMILES string of the molecule is Cc1ccc(Cl)c2nc(-c3ccc(Br)cc3Cl)nc(Cl)c12. The predicted octanol–water partition coefficient (Wildman–Crippen LogP) is 6.33. The second kappa shape index (κ2) is 5.73. The largest absolute Gasteiger partial charge is 0.226 e. The van der Waals surface area contributed by atoms with Gasteiger partial charge in [0.05, 0.1) is 15.6 Å². The van der Waals surface area contributed by atoms with Crippen molar-refractivity contribution in [3.63, 3.8) is 0 Å². The van der Waals surface area contributed by atoms with Crippen LogP contribution in [0, 0.1) is 6.92 Å². The summed E-state index contributed by atoms with van der Waals surface area (Å²) in [5.41, 5.74) is 2.32. The third-order valence-electron chi connectivity index (χ3n) is 3.14. The number of aromatic nitrogens is 2. The van der Waals surface area contributed by atoms with Crippen molar-refractivity contribution in [2.45, 2.75) is 6.92 Å². The number of halogens is 4. The van der Waals surface area contributed by atoms with Crippen molar-refractivity contribution in [1.29, 1.82) is 0 Å². The highest BCUT2D eigenvalue weighted by Crippen LogP contribution is 2.34. The van der Waals surface area contributed by atoms with Crippen molar-refractivity contribution in [3.05, 3.63) is 55.6 Å². The molecular weight excluding hydrogens is 394 g/mol. The van der Waals surface area contributed by atoms with Gasteiger partial charge in [-0.25, -0.2) is 9.97 Å². The van der Waals surface area contributed by atoms with E-state index in [-0.39, 0.29) is 0 Å². The van der Waals surface area contributed by atoms with Gasteiger partial charge < -0.3 is 0 Å². The van der Waals surface area contributed by atoms with Crippen LogP contribution in [-0.2, 0) is 0 Å². The molecule has 0 bridgehead atoms. The van der Waals surface area contributed by atoms with E-state index in [0.29, 0.717) is 32.1 Å². The van der Waals surface area contributed by atoms with E-state index in [4.69, 9.17) is 34.8 Å². The monoisotopic (exact) mass is 400 g/mol. The fourth-order valence-corrected chi connectivity index (χ4v) is 3.38. The van der Waals surface area contributed by atoms with Gasteiger partial charge in [0, 0.05) is 15.4 Å². The quantitative estimate of drug-likeness (QED) is 0.445. The summed E-state index contributed by atoms with van der Waals surface area (Å²) in [4.78, 5) is 8.89. The van der Waals surface area contributed by atoms with Crippen molar-refractivity contribution >= 4 is 61.6 Å². The average molecular weight is 403 g/mol. The molecule has 0 spiro atoms. The lowest BCUT2D eigenvalue weighted by Crippen LogP contribution is -1.95. The zero-order valence-corrected chi connectivity index (χ0v) is 14.6. The molecule has 3 aromatic rings. The minimum atomic E-state index is 0.369. The van der Waals surface area contributed by atoms with Gasteiger partial charge in [-0.15, -0.1) is 0 Å². The zero-order chi connectivity index (χ0) is 15.1. The molecule has 0 unspecified atom stereocenters. The average Bonchev–Trinajstić information content (AvgIpc) is 2.42. The number of hydrogen-bond donors (Lipinski definition) is 0. The van der Waals surface area contributed by atoms with Gasteiger partial charge in [0.25, 0.3) is 0 Å². The summed E-state index contributed by atoms with van der Waals surface area (Å²) in [6, 6.07) is 9.20. The summed E-state index contributed by atoms with van der Waals surface area (Å²) in [6.45, 7) is 1.94. The summed E-state index contributed by atoms with van der Waals surface area (Å²) in [6.07, 6.45) is 0. The Morgan fingerprint density at radius 3 is 2.43 bits per heavy atom. The minimum Gasteiger partial charge on any atom is -0.226 e. The van der Waals surface area contributed by atoms with Gasteiger partial charge in [0.2, 0.25) is 0 Å². The summed E-state index contributed by atoms with van der Waals surface area (Å²) < 4.78 is 0.886. The number of hydrogen-bond acceptors (Lipinski definition) is 2. The van der Waals surface area contributed by atoms with E-state index in [0.717, 1.165) is 15.4 Å². The van der Waals surface area contributed by atoms with Gasteiger partial charge >= 0.3 is 0 Å². The van der Waals surface area contributed by atoms with Crippen LogP contribution in [0.5, 0.6) is 0 Å². The van der Waals surface area contributed by atoms with Gasteiger partial charge in [-0.1, -0.05) is 56.8 Å².